The highest BCUT2D eigenvalue weighted by Gasteiger charge is 2.56. The summed E-state index contributed by atoms with van der Waals surface area (Å²) in [5.41, 5.74) is 9.07. The molecule has 2 aliphatic heterocycles. The summed E-state index contributed by atoms with van der Waals surface area (Å²) in [6.07, 6.45) is 5.66. The zero-order valence-corrected chi connectivity index (χ0v) is 16.6. The predicted octanol–water partition coefficient (Wildman–Crippen LogP) is 1.05. The van der Waals surface area contributed by atoms with Crippen molar-refractivity contribution in [2.45, 2.75) is 63.7 Å². The lowest BCUT2D eigenvalue weighted by atomic mass is 9.47. The third-order valence-corrected chi connectivity index (χ3v) is 7.74. The molecule has 0 bridgehead atoms. The molecular weight excluding hydrogens is 368 g/mol. The van der Waals surface area contributed by atoms with E-state index < -0.39 is 6.04 Å². The van der Waals surface area contributed by atoms with Gasteiger partial charge in [-0.05, 0) is 60.8 Å². The van der Waals surface area contributed by atoms with Gasteiger partial charge in [0.15, 0.2) is 0 Å². The molecule has 4 aliphatic rings. The van der Waals surface area contributed by atoms with Gasteiger partial charge >= 0.3 is 0 Å². The molecule has 3 atom stereocenters. The number of fused-ring (bicyclic) bond motifs is 1. The molecule has 154 valence electrons. The Morgan fingerprint density at radius 1 is 1.24 bits per heavy atom. The first-order valence-electron chi connectivity index (χ1n) is 10.7. The van der Waals surface area contributed by atoms with E-state index >= 15 is 0 Å². The number of benzene rings is 1. The fourth-order valence-electron chi connectivity index (χ4n) is 5.79. The summed E-state index contributed by atoms with van der Waals surface area (Å²) in [5, 5.41) is 6.05. The Balaban J connectivity index is 1.25. The lowest BCUT2D eigenvalue weighted by Gasteiger charge is -2.62. The van der Waals surface area contributed by atoms with Crippen molar-refractivity contribution in [3.8, 4) is 0 Å². The van der Waals surface area contributed by atoms with E-state index in [9.17, 15) is 14.4 Å². The number of hydrogen-bond acceptors (Lipinski definition) is 5. The number of nitrogens with zero attached hydrogens (tertiary/aromatic N) is 1. The number of carbonyl (C=O) groups excluding carboxylic acids is 3. The smallest absolute Gasteiger partial charge is 0.255 e. The highest BCUT2D eigenvalue weighted by Crippen LogP contribution is 2.59. The Morgan fingerprint density at radius 3 is 2.76 bits per heavy atom. The molecule has 1 saturated heterocycles. The van der Waals surface area contributed by atoms with E-state index in [4.69, 9.17) is 5.73 Å². The van der Waals surface area contributed by atoms with Crippen LogP contribution in [-0.4, -0.2) is 41.2 Å². The second-order valence-electron chi connectivity index (χ2n) is 9.08. The first-order valence-corrected chi connectivity index (χ1v) is 10.7. The van der Waals surface area contributed by atoms with Gasteiger partial charge in [-0.25, -0.2) is 0 Å². The standard InChI is InChI=1S/C22H28N4O3/c23-10-15-9-18(22(15)6-1-7-22)24-11-13-2-3-14-12-26(21(29)16(14)8-13)17-4-5-19(27)25-20(17)28/h2-3,8,15,17-18,24H,1,4-7,9-12,23H2,(H,25,27,28). The van der Waals surface area contributed by atoms with Crippen LogP contribution in [0.3, 0.4) is 0 Å². The minimum atomic E-state index is -0.559. The first-order chi connectivity index (χ1) is 14.0. The molecule has 2 heterocycles. The summed E-state index contributed by atoms with van der Waals surface area (Å²) < 4.78 is 0. The predicted molar refractivity (Wildman–Crippen MR) is 107 cm³/mol. The van der Waals surface area contributed by atoms with Crippen molar-refractivity contribution in [3.05, 3.63) is 34.9 Å². The van der Waals surface area contributed by atoms with Gasteiger partial charge in [0.2, 0.25) is 11.8 Å². The van der Waals surface area contributed by atoms with E-state index in [0.717, 1.165) is 30.6 Å². The van der Waals surface area contributed by atoms with Gasteiger partial charge in [-0.1, -0.05) is 18.6 Å². The van der Waals surface area contributed by atoms with Gasteiger partial charge in [0, 0.05) is 31.1 Å². The second-order valence-corrected chi connectivity index (χ2v) is 9.08. The number of amides is 3. The average molecular weight is 396 g/mol. The fraction of sp³-hybridized carbons (Fsp3) is 0.591. The summed E-state index contributed by atoms with van der Waals surface area (Å²) >= 11 is 0. The van der Waals surface area contributed by atoms with Crippen molar-refractivity contribution in [2.24, 2.45) is 17.1 Å². The number of nitrogens with one attached hydrogen (secondary N) is 2. The monoisotopic (exact) mass is 396 g/mol. The highest BCUT2D eigenvalue weighted by atomic mass is 16.2. The van der Waals surface area contributed by atoms with Crippen LogP contribution in [0, 0.1) is 11.3 Å². The number of piperidine rings is 1. The van der Waals surface area contributed by atoms with Crippen LogP contribution in [0.2, 0.25) is 0 Å². The van der Waals surface area contributed by atoms with E-state index in [1.165, 1.54) is 19.3 Å². The number of rotatable bonds is 5. The van der Waals surface area contributed by atoms with Crippen LogP contribution in [0.15, 0.2) is 18.2 Å². The molecule has 1 spiro atoms. The van der Waals surface area contributed by atoms with Gasteiger partial charge in [-0.3, -0.25) is 19.7 Å². The Hall–Kier alpha value is -2.25. The normalized spacial score (nSPS) is 30.0. The Labute approximate surface area is 170 Å². The largest absolute Gasteiger partial charge is 0.330 e. The van der Waals surface area contributed by atoms with Crippen LogP contribution < -0.4 is 16.4 Å². The lowest BCUT2D eigenvalue weighted by molar-refractivity contribution is -0.136. The maximum Gasteiger partial charge on any atom is 0.255 e. The van der Waals surface area contributed by atoms with Gasteiger partial charge < -0.3 is 16.0 Å². The lowest BCUT2D eigenvalue weighted by Crippen LogP contribution is -2.64. The molecule has 1 aromatic rings. The molecule has 2 aliphatic carbocycles. The van der Waals surface area contributed by atoms with Crippen molar-refractivity contribution in [1.29, 1.82) is 0 Å². The topological polar surface area (TPSA) is 105 Å². The zero-order valence-electron chi connectivity index (χ0n) is 16.6. The number of imide groups is 1. The molecule has 3 amide bonds. The Morgan fingerprint density at radius 2 is 2.07 bits per heavy atom. The van der Waals surface area contributed by atoms with Gasteiger partial charge in [0.05, 0.1) is 0 Å². The van der Waals surface area contributed by atoms with Crippen molar-refractivity contribution < 1.29 is 14.4 Å². The minimum Gasteiger partial charge on any atom is -0.330 e. The van der Waals surface area contributed by atoms with Crippen molar-refractivity contribution >= 4 is 17.7 Å². The summed E-state index contributed by atoms with van der Waals surface area (Å²) in [4.78, 5) is 38.1. The van der Waals surface area contributed by atoms with E-state index in [1.807, 2.05) is 12.1 Å². The molecule has 0 radical (unpaired) electrons. The van der Waals surface area contributed by atoms with Crippen LogP contribution in [0.5, 0.6) is 0 Å². The zero-order chi connectivity index (χ0) is 20.2. The van der Waals surface area contributed by atoms with Crippen LogP contribution >= 0.6 is 0 Å². The number of hydrogen-bond donors (Lipinski definition) is 3. The average Bonchev–Trinajstić information content (AvgIpc) is 2.96. The Kier molecular flexibility index (Phi) is 4.47. The molecule has 2 saturated carbocycles. The Bertz CT molecular complexity index is 879. The van der Waals surface area contributed by atoms with E-state index in [0.29, 0.717) is 35.9 Å². The maximum absolute atomic E-state index is 12.9. The number of carbonyl (C=O) groups is 3. The highest BCUT2D eigenvalue weighted by molar-refractivity contribution is 6.05. The summed E-state index contributed by atoms with van der Waals surface area (Å²) in [6, 6.07) is 5.99. The molecule has 5 rings (SSSR count). The molecule has 0 aromatic heterocycles. The van der Waals surface area contributed by atoms with Crippen molar-refractivity contribution in [3.63, 3.8) is 0 Å². The molecule has 4 N–H and O–H groups in total. The van der Waals surface area contributed by atoms with Crippen LogP contribution in [-0.2, 0) is 22.7 Å². The van der Waals surface area contributed by atoms with Crippen molar-refractivity contribution in [2.75, 3.05) is 6.54 Å². The minimum absolute atomic E-state index is 0.112. The third kappa shape index (κ3) is 2.90. The van der Waals surface area contributed by atoms with Crippen molar-refractivity contribution in [1.82, 2.24) is 15.5 Å². The first kappa shape index (κ1) is 18.8. The number of nitrogens with two attached hydrogens (primary N) is 1. The SMILES string of the molecule is NCC1CC(NCc2ccc3c(c2)C(=O)N(C2CCC(=O)NC2=O)C3)C12CCC2. The summed E-state index contributed by atoms with van der Waals surface area (Å²) in [5.74, 6) is -0.0912. The van der Waals surface area contributed by atoms with E-state index in [-0.39, 0.29) is 24.1 Å². The molecule has 3 unspecified atom stereocenters. The molecule has 7 heteroatoms. The summed E-state index contributed by atoms with van der Waals surface area (Å²) in [6.45, 7) is 1.95. The van der Waals surface area contributed by atoms with Crippen LogP contribution in [0.4, 0.5) is 0 Å². The van der Waals surface area contributed by atoms with Crippen LogP contribution in [0.25, 0.3) is 0 Å². The summed E-state index contributed by atoms with van der Waals surface area (Å²) in [7, 11) is 0. The quantitative estimate of drug-likeness (QED) is 0.646. The van der Waals surface area contributed by atoms with Crippen LogP contribution in [0.1, 0.15) is 60.0 Å². The molecule has 1 aromatic carbocycles. The van der Waals surface area contributed by atoms with Gasteiger partial charge in [-0.15, -0.1) is 0 Å². The molecule has 7 nitrogen and oxygen atoms in total. The molecular formula is C22H28N4O3. The fourth-order valence-corrected chi connectivity index (χ4v) is 5.79. The second kappa shape index (κ2) is 6.92. The van der Waals surface area contributed by atoms with Gasteiger partial charge in [-0.2, -0.15) is 0 Å². The third-order valence-electron chi connectivity index (χ3n) is 7.74. The van der Waals surface area contributed by atoms with Gasteiger partial charge in [0.1, 0.15) is 6.04 Å². The maximum atomic E-state index is 12.9. The molecule has 29 heavy (non-hydrogen) atoms. The van der Waals surface area contributed by atoms with E-state index in [2.05, 4.69) is 16.7 Å². The molecule has 3 fully saturated rings. The van der Waals surface area contributed by atoms with Gasteiger partial charge in [0.25, 0.3) is 5.91 Å². The van der Waals surface area contributed by atoms with E-state index in [1.54, 1.807) is 4.90 Å².